The average Bonchev–Trinajstić information content (AvgIpc) is 3.33. The molecule has 0 amide bonds. The van der Waals surface area contributed by atoms with Gasteiger partial charge in [-0.3, -0.25) is 4.90 Å². The van der Waals surface area contributed by atoms with Crippen molar-refractivity contribution in [3.63, 3.8) is 0 Å². The summed E-state index contributed by atoms with van der Waals surface area (Å²) in [5.41, 5.74) is 0.789. The second-order valence-corrected chi connectivity index (χ2v) is 12.1. The van der Waals surface area contributed by atoms with Gasteiger partial charge in [-0.25, -0.2) is 0 Å². The van der Waals surface area contributed by atoms with Gasteiger partial charge in [0.15, 0.2) is 5.72 Å². The minimum Gasteiger partial charge on any atom is -0.388 e. The largest absolute Gasteiger partial charge is 0.388 e. The Hall–Kier alpha value is -1.76. The van der Waals surface area contributed by atoms with Crippen LogP contribution >= 0.6 is 0 Å². The lowest BCUT2D eigenvalue weighted by atomic mass is 9.98. The number of rotatable bonds is 20. The summed E-state index contributed by atoms with van der Waals surface area (Å²) in [6, 6.07) is 20.7. The highest BCUT2D eigenvalue weighted by Gasteiger charge is 2.53. The van der Waals surface area contributed by atoms with E-state index < -0.39 is 11.3 Å². The van der Waals surface area contributed by atoms with E-state index in [-0.39, 0.29) is 18.8 Å². The van der Waals surface area contributed by atoms with E-state index in [4.69, 9.17) is 14.2 Å². The van der Waals surface area contributed by atoms with Gasteiger partial charge in [-0.2, -0.15) is 0 Å². The van der Waals surface area contributed by atoms with Crippen molar-refractivity contribution < 1.29 is 19.3 Å². The van der Waals surface area contributed by atoms with Gasteiger partial charge in [0.05, 0.1) is 31.5 Å². The van der Waals surface area contributed by atoms with E-state index in [1.165, 1.54) is 31.2 Å². The number of nitrogens with zero attached hydrogens (tertiary/aromatic N) is 1. The first-order chi connectivity index (χ1) is 19.4. The van der Waals surface area contributed by atoms with Crippen LogP contribution in [0.5, 0.6) is 0 Å². The Labute approximate surface area is 244 Å². The van der Waals surface area contributed by atoms with Crippen LogP contribution in [-0.2, 0) is 27.4 Å². The molecule has 0 radical (unpaired) electrons. The van der Waals surface area contributed by atoms with Crippen molar-refractivity contribution in [3.8, 4) is 0 Å². The van der Waals surface area contributed by atoms with Crippen LogP contribution in [0.1, 0.15) is 103 Å². The van der Waals surface area contributed by atoms with Crippen LogP contribution in [0.15, 0.2) is 60.7 Å². The van der Waals surface area contributed by atoms with Crippen molar-refractivity contribution in [2.45, 2.75) is 128 Å². The molecule has 0 heterocycles. The summed E-state index contributed by atoms with van der Waals surface area (Å²) in [5.74, 6) is 0. The molecule has 0 bridgehead atoms. The Kier molecular flexibility index (Phi) is 14.1. The van der Waals surface area contributed by atoms with Crippen molar-refractivity contribution in [1.29, 1.82) is 0 Å². The Balaban J connectivity index is 1.79. The van der Waals surface area contributed by atoms with Crippen LogP contribution in [0.4, 0.5) is 0 Å². The van der Waals surface area contributed by atoms with Crippen molar-refractivity contribution in [2.75, 3.05) is 20.2 Å². The smallest absolute Gasteiger partial charge is 0.150 e. The number of ether oxygens (including phenoxy) is 3. The fourth-order valence-electron chi connectivity index (χ4n) is 5.76. The molecule has 0 aliphatic heterocycles. The van der Waals surface area contributed by atoms with Gasteiger partial charge in [0.1, 0.15) is 6.10 Å². The Bertz CT molecular complexity index is 922. The number of likely N-dealkylation sites (N-methyl/N-ethyl adjacent to an activating group) is 1. The summed E-state index contributed by atoms with van der Waals surface area (Å²) in [5, 5.41) is 11.3. The van der Waals surface area contributed by atoms with Crippen molar-refractivity contribution in [3.05, 3.63) is 71.8 Å². The molecule has 3 rings (SSSR count). The SMILES string of the molecule is CCCCCCCN(C)[C@@]1(OCC(C)(O)CCCCC)C[C@H](OCc2ccccc2)C[C@@H]1OCc1ccccc1. The lowest BCUT2D eigenvalue weighted by molar-refractivity contribution is -0.231. The van der Waals surface area contributed by atoms with Crippen molar-refractivity contribution in [2.24, 2.45) is 0 Å². The van der Waals surface area contributed by atoms with E-state index in [1.807, 2.05) is 19.1 Å². The maximum absolute atomic E-state index is 11.3. The van der Waals surface area contributed by atoms with Crippen molar-refractivity contribution >= 4 is 0 Å². The number of hydrogen-bond acceptors (Lipinski definition) is 5. The van der Waals surface area contributed by atoms with Crippen LogP contribution in [0, 0.1) is 0 Å². The fraction of sp³-hybridized carbons (Fsp3) is 0.657. The van der Waals surface area contributed by atoms with Gasteiger partial charge >= 0.3 is 0 Å². The van der Waals surface area contributed by atoms with Crippen LogP contribution in [0.3, 0.4) is 0 Å². The molecule has 1 aliphatic carbocycles. The second-order valence-electron chi connectivity index (χ2n) is 12.1. The molecular weight excluding hydrogens is 498 g/mol. The third-order valence-corrected chi connectivity index (χ3v) is 8.32. The predicted molar refractivity (Wildman–Crippen MR) is 164 cm³/mol. The zero-order valence-corrected chi connectivity index (χ0v) is 25.7. The lowest BCUT2D eigenvalue weighted by Crippen LogP contribution is -2.57. The molecule has 0 aromatic heterocycles. The minimum atomic E-state index is -0.878. The lowest BCUT2D eigenvalue weighted by Gasteiger charge is -2.44. The van der Waals surface area contributed by atoms with Crippen LogP contribution in [0.25, 0.3) is 0 Å². The highest BCUT2D eigenvalue weighted by Crippen LogP contribution is 2.41. The fourth-order valence-corrected chi connectivity index (χ4v) is 5.76. The normalized spacial score (nSPS) is 22.6. The molecule has 1 N–H and O–H groups in total. The molecule has 1 saturated carbocycles. The molecule has 40 heavy (non-hydrogen) atoms. The van der Waals surface area contributed by atoms with Crippen LogP contribution in [0.2, 0.25) is 0 Å². The average molecular weight is 554 g/mol. The molecule has 2 aromatic rings. The van der Waals surface area contributed by atoms with E-state index in [0.29, 0.717) is 13.2 Å². The Morgan fingerprint density at radius 2 is 1.40 bits per heavy atom. The highest BCUT2D eigenvalue weighted by molar-refractivity contribution is 5.15. The third-order valence-electron chi connectivity index (χ3n) is 8.32. The first-order valence-corrected chi connectivity index (χ1v) is 15.8. The molecule has 0 spiro atoms. The Morgan fingerprint density at radius 1 is 0.825 bits per heavy atom. The molecule has 2 aromatic carbocycles. The maximum Gasteiger partial charge on any atom is 0.150 e. The van der Waals surface area contributed by atoms with Crippen molar-refractivity contribution in [1.82, 2.24) is 4.90 Å². The van der Waals surface area contributed by atoms with Gasteiger partial charge in [-0.15, -0.1) is 0 Å². The first kappa shape index (κ1) is 32.8. The monoisotopic (exact) mass is 553 g/mol. The van der Waals surface area contributed by atoms with Gasteiger partial charge in [-0.1, -0.05) is 119 Å². The van der Waals surface area contributed by atoms with Gasteiger partial charge in [0.25, 0.3) is 0 Å². The van der Waals surface area contributed by atoms with E-state index in [2.05, 4.69) is 74.3 Å². The standard InChI is InChI=1S/C35H55NO4/c1-5-7-9-10-18-24-36(4)35(40-29-34(3,37)23-17-8-6-2)26-32(38-27-30-19-13-11-14-20-30)25-33(35)39-28-31-21-15-12-16-22-31/h11-16,19-22,32-33,37H,5-10,17-18,23-29H2,1-4H3/t32-,33+,34?,35-/m1/s1. The van der Waals surface area contributed by atoms with E-state index >= 15 is 0 Å². The van der Waals surface area contributed by atoms with E-state index in [1.54, 1.807) is 0 Å². The summed E-state index contributed by atoms with van der Waals surface area (Å²) < 4.78 is 20.1. The Morgan fingerprint density at radius 3 is 2.02 bits per heavy atom. The number of unbranched alkanes of at least 4 members (excludes halogenated alkanes) is 6. The van der Waals surface area contributed by atoms with E-state index in [0.717, 1.165) is 57.1 Å². The van der Waals surface area contributed by atoms with Gasteiger partial charge < -0.3 is 19.3 Å². The highest BCUT2D eigenvalue weighted by atomic mass is 16.6. The third kappa shape index (κ3) is 10.6. The number of hydrogen-bond donors (Lipinski definition) is 1. The number of aliphatic hydroxyl groups is 1. The first-order valence-electron chi connectivity index (χ1n) is 15.8. The quantitative estimate of drug-likeness (QED) is 0.133. The van der Waals surface area contributed by atoms with Gasteiger partial charge in [0.2, 0.25) is 0 Å². The summed E-state index contributed by atoms with van der Waals surface area (Å²) in [6.45, 7) is 8.68. The second kappa shape index (κ2) is 17.3. The molecule has 5 heteroatoms. The molecule has 1 aliphatic rings. The molecule has 1 fully saturated rings. The molecule has 0 saturated heterocycles. The molecular formula is C35H55NO4. The van der Waals surface area contributed by atoms with Gasteiger partial charge in [0, 0.05) is 19.4 Å². The number of benzene rings is 2. The molecule has 4 atom stereocenters. The van der Waals surface area contributed by atoms with Crippen LogP contribution in [-0.4, -0.2) is 53.7 Å². The zero-order valence-electron chi connectivity index (χ0n) is 25.7. The summed E-state index contributed by atoms with van der Waals surface area (Å²) in [7, 11) is 2.17. The molecule has 1 unspecified atom stereocenters. The molecule has 224 valence electrons. The van der Waals surface area contributed by atoms with Crippen LogP contribution < -0.4 is 0 Å². The minimum absolute atomic E-state index is 0.00793. The zero-order chi connectivity index (χ0) is 28.7. The predicted octanol–water partition coefficient (Wildman–Crippen LogP) is 7.90. The van der Waals surface area contributed by atoms with E-state index in [9.17, 15) is 5.11 Å². The summed E-state index contributed by atoms with van der Waals surface area (Å²) >= 11 is 0. The summed E-state index contributed by atoms with van der Waals surface area (Å²) in [4.78, 5) is 2.36. The molecule has 5 nitrogen and oxygen atoms in total. The van der Waals surface area contributed by atoms with Gasteiger partial charge in [-0.05, 0) is 37.9 Å². The summed E-state index contributed by atoms with van der Waals surface area (Å²) in [6.07, 6.45) is 11.4. The maximum atomic E-state index is 11.3. The topological polar surface area (TPSA) is 51.2 Å².